The highest BCUT2D eigenvalue weighted by atomic mass is 32.2. The SMILES string of the molecule is O=C(CCS(=O)(=O)c1ccccc1)N1CCc2oc(Cc3ccccc3)nc2C1. The topological polar surface area (TPSA) is 80.5 Å². The number of carbonyl (C=O) groups is 1. The van der Waals surface area contributed by atoms with Crippen LogP contribution in [0, 0.1) is 0 Å². The third-order valence-corrected chi connectivity index (χ3v) is 6.74. The number of benzene rings is 2. The lowest BCUT2D eigenvalue weighted by Gasteiger charge is -2.25. The molecule has 29 heavy (non-hydrogen) atoms. The van der Waals surface area contributed by atoms with Crippen LogP contribution in [0.2, 0.25) is 0 Å². The molecule has 1 aliphatic heterocycles. The Balaban J connectivity index is 1.37. The molecular formula is C22H22N2O4S. The molecule has 4 rings (SSSR count). The molecule has 0 bridgehead atoms. The van der Waals surface area contributed by atoms with Crippen molar-refractivity contribution in [2.75, 3.05) is 12.3 Å². The maximum absolute atomic E-state index is 12.6. The van der Waals surface area contributed by atoms with Gasteiger partial charge in [-0.05, 0) is 17.7 Å². The van der Waals surface area contributed by atoms with Gasteiger partial charge < -0.3 is 9.32 Å². The van der Waals surface area contributed by atoms with E-state index in [0.29, 0.717) is 31.8 Å². The Morgan fingerprint density at radius 3 is 2.45 bits per heavy atom. The summed E-state index contributed by atoms with van der Waals surface area (Å²) in [6.45, 7) is 0.870. The molecule has 3 aromatic rings. The van der Waals surface area contributed by atoms with Crippen LogP contribution in [0.25, 0.3) is 0 Å². The van der Waals surface area contributed by atoms with Gasteiger partial charge in [0.15, 0.2) is 15.7 Å². The lowest BCUT2D eigenvalue weighted by molar-refractivity contribution is -0.131. The third-order valence-electron chi connectivity index (χ3n) is 5.01. The Hall–Kier alpha value is -2.93. The van der Waals surface area contributed by atoms with Crippen LogP contribution >= 0.6 is 0 Å². The van der Waals surface area contributed by atoms with Crippen molar-refractivity contribution >= 4 is 15.7 Å². The molecule has 1 aromatic heterocycles. The number of hydrogen-bond acceptors (Lipinski definition) is 5. The van der Waals surface area contributed by atoms with Crippen molar-refractivity contribution in [3.05, 3.63) is 83.6 Å². The molecule has 0 saturated carbocycles. The molecule has 0 atom stereocenters. The van der Waals surface area contributed by atoms with E-state index < -0.39 is 9.84 Å². The van der Waals surface area contributed by atoms with Crippen molar-refractivity contribution in [2.24, 2.45) is 0 Å². The molecule has 0 unspecified atom stereocenters. The summed E-state index contributed by atoms with van der Waals surface area (Å²) in [5.41, 5.74) is 1.88. The van der Waals surface area contributed by atoms with Gasteiger partial charge in [-0.1, -0.05) is 48.5 Å². The molecule has 6 nitrogen and oxygen atoms in total. The molecule has 2 heterocycles. The molecule has 1 amide bonds. The number of sulfone groups is 1. The van der Waals surface area contributed by atoms with E-state index in [0.717, 1.165) is 17.0 Å². The Morgan fingerprint density at radius 1 is 1.03 bits per heavy atom. The molecule has 0 spiro atoms. The van der Waals surface area contributed by atoms with Crippen LogP contribution in [0.1, 0.15) is 29.3 Å². The van der Waals surface area contributed by atoms with E-state index in [1.54, 1.807) is 35.2 Å². The third kappa shape index (κ3) is 4.56. The van der Waals surface area contributed by atoms with E-state index in [1.807, 2.05) is 30.3 Å². The van der Waals surface area contributed by atoms with Crippen LogP contribution in [0.3, 0.4) is 0 Å². The second-order valence-electron chi connectivity index (χ2n) is 7.09. The van der Waals surface area contributed by atoms with Gasteiger partial charge in [0, 0.05) is 25.8 Å². The fraction of sp³-hybridized carbons (Fsp3) is 0.273. The summed E-state index contributed by atoms with van der Waals surface area (Å²) in [6.07, 6.45) is 1.16. The normalized spacial score (nSPS) is 13.9. The highest BCUT2D eigenvalue weighted by Gasteiger charge is 2.26. The molecule has 7 heteroatoms. The largest absolute Gasteiger partial charge is 0.445 e. The Bertz CT molecular complexity index is 1090. The first-order valence-corrected chi connectivity index (χ1v) is 11.2. The van der Waals surface area contributed by atoms with Crippen molar-refractivity contribution in [1.82, 2.24) is 9.88 Å². The van der Waals surface area contributed by atoms with Gasteiger partial charge >= 0.3 is 0 Å². The van der Waals surface area contributed by atoms with Crippen molar-refractivity contribution in [3.63, 3.8) is 0 Å². The number of carbonyl (C=O) groups excluding carboxylic acids is 1. The summed E-state index contributed by atoms with van der Waals surface area (Å²) in [4.78, 5) is 19.1. The molecule has 0 N–H and O–H groups in total. The number of aromatic nitrogens is 1. The quantitative estimate of drug-likeness (QED) is 0.624. The van der Waals surface area contributed by atoms with Crippen LogP contribution in [0.5, 0.6) is 0 Å². The van der Waals surface area contributed by atoms with Crippen LogP contribution in [-0.2, 0) is 34.0 Å². The minimum Gasteiger partial charge on any atom is -0.445 e. The molecule has 0 aliphatic carbocycles. The average molecular weight is 410 g/mol. The van der Waals surface area contributed by atoms with Gasteiger partial charge in [0.05, 0.1) is 17.2 Å². The van der Waals surface area contributed by atoms with Crippen molar-refractivity contribution < 1.29 is 17.6 Å². The maximum atomic E-state index is 12.6. The van der Waals surface area contributed by atoms with Gasteiger partial charge in [0.1, 0.15) is 11.5 Å². The van der Waals surface area contributed by atoms with Crippen LogP contribution < -0.4 is 0 Å². The second kappa shape index (κ2) is 8.21. The zero-order valence-electron chi connectivity index (χ0n) is 16.0. The van der Waals surface area contributed by atoms with Crippen LogP contribution in [0.15, 0.2) is 70.0 Å². The lowest BCUT2D eigenvalue weighted by atomic mass is 10.1. The van der Waals surface area contributed by atoms with Crippen molar-refractivity contribution in [2.45, 2.75) is 30.7 Å². The number of amides is 1. The van der Waals surface area contributed by atoms with Gasteiger partial charge in [-0.3, -0.25) is 4.79 Å². The zero-order chi connectivity index (χ0) is 20.3. The molecule has 150 valence electrons. The van der Waals surface area contributed by atoms with Gasteiger partial charge in [0.25, 0.3) is 0 Å². The van der Waals surface area contributed by atoms with Crippen LogP contribution in [-0.4, -0.2) is 36.5 Å². The first-order valence-electron chi connectivity index (χ1n) is 9.58. The number of hydrogen-bond donors (Lipinski definition) is 0. The number of nitrogens with zero attached hydrogens (tertiary/aromatic N) is 2. The lowest BCUT2D eigenvalue weighted by Crippen LogP contribution is -2.36. The van der Waals surface area contributed by atoms with E-state index in [9.17, 15) is 13.2 Å². The minimum absolute atomic E-state index is 0.0404. The van der Waals surface area contributed by atoms with E-state index in [2.05, 4.69) is 4.98 Å². The van der Waals surface area contributed by atoms with E-state index in [4.69, 9.17) is 4.42 Å². The molecule has 2 aromatic carbocycles. The maximum Gasteiger partial charge on any atom is 0.223 e. The predicted octanol–water partition coefficient (Wildman–Crippen LogP) is 3.01. The minimum atomic E-state index is -3.47. The average Bonchev–Trinajstić information content (AvgIpc) is 3.15. The summed E-state index contributed by atoms with van der Waals surface area (Å²) >= 11 is 0. The Kier molecular flexibility index (Phi) is 5.49. The van der Waals surface area contributed by atoms with E-state index in [1.165, 1.54) is 0 Å². The number of oxazole rings is 1. The Labute approximate surface area is 170 Å². The summed E-state index contributed by atoms with van der Waals surface area (Å²) in [5.74, 6) is 1.08. The molecule has 0 fully saturated rings. The monoisotopic (exact) mass is 410 g/mol. The second-order valence-corrected chi connectivity index (χ2v) is 9.20. The smallest absolute Gasteiger partial charge is 0.223 e. The summed E-state index contributed by atoms with van der Waals surface area (Å²) in [7, 11) is -3.47. The van der Waals surface area contributed by atoms with Crippen molar-refractivity contribution in [3.8, 4) is 0 Å². The molecule has 0 saturated heterocycles. The molecular weight excluding hydrogens is 388 g/mol. The van der Waals surface area contributed by atoms with E-state index in [-0.39, 0.29) is 23.0 Å². The number of fused-ring (bicyclic) bond motifs is 1. The summed E-state index contributed by atoms with van der Waals surface area (Å²) in [5, 5.41) is 0. The van der Waals surface area contributed by atoms with Gasteiger partial charge in [-0.25, -0.2) is 13.4 Å². The van der Waals surface area contributed by atoms with Crippen molar-refractivity contribution in [1.29, 1.82) is 0 Å². The standard InChI is InChI=1S/C22H22N2O4S/c25-22(12-14-29(26,27)18-9-5-2-6-10-18)24-13-11-20-19(16-24)23-21(28-20)15-17-7-3-1-4-8-17/h1-10H,11-16H2. The predicted molar refractivity (Wildman–Crippen MR) is 108 cm³/mol. The molecule has 0 radical (unpaired) electrons. The molecule has 1 aliphatic rings. The highest BCUT2D eigenvalue weighted by Crippen LogP contribution is 2.22. The fourth-order valence-electron chi connectivity index (χ4n) is 3.44. The zero-order valence-corrected chi connectivity index (χ0v) is 16.8. The fourth-order valence-corrected chi connectivity index (χ4v) is 4.69. The van der Waals surface area contributed by atoms with Gasteiger partial charge in [-0.15, -0.1) is 0 Å². The number of rotatable bonds is 6. The summed E-state index contributed by atoms with van der Waals surface area (Å²) < 4.78 is 30.7. The van der Waals surface area contributed by atoms with Gasteiger partial charge in [0.2, 0.25) is 5.91 Å². The highest BCUT2D eigenvalue weighted by molar-refractivity contribution is 7.91. The van der Waals surface area contributed by atoms with Crippen LogP contribution in [0.4, 0.5) is 0 Å². The summed E-state index contributed by atoms with van der Waals surface area (Å²) in [6, 6.07) is 18.2. The first kappa shape index (κ1) is 19.4. The first-order chi connectivity index (χ1) is 14.0. The van der Waals surface area contributed by atoms with E-state index >= 15 is 0 Å². The Morgan fingerprint density at radius 2 is 1.72 bits per heavy atom. The van der Waals surface area contributed by atoms with Gasteiger partial charge in [-0.2, -0.15) is 0 Å².